The number of rotatable bonds is 6. The predicted octanol–water partition coefficient (Wildman–Crippen LogP) is 0.0671. The van der Waals surface area contributed by atoms with Gasteiger partial charge >= 0.3 is 0 Å². The summed E-state index contributed by atoms with van der Waals surface area (Å²) in [5.41, 5.74) is -0.472. The lowest BCUT2D eigenvalue weighted by Crippen LogP contribution is -2.60. The van der Waals surface area contributed by atoms with Gasteiger partial charge in [0.25, 0.3) is 0 Å². The van der Waals surface area contributed by atoms with E-state index in [0.717, 1.165) is 6.07 Å². The quantitative estimate of drug-likeness (QED) is 0.272. The van der Waals surface area contributed by atoms with Crippen LogP contribution in [-0.4, -0.2) is 82.2 Å². The maximum Gasteiger partial charge on any atom is 0.239 e. The third kappa shape index (κ3) is 4.33. The Balaban J connectivity index is 1.80. The first-order chi connectivity index (χ1) is 16.7. The SMILES string of the molecule is COc1cc(-c2oc3cc(OC4O[C@H](CO)[C@@H](O)[C@H](O)[C@H]4O)cc(O)c3c(=O)c2OC)ccc1O. The first-order valence-electron chi connectivity index (χ1n) is 10.4. The van der Waals surface area contributed by atoms with Gasteiger partial charge in [-0.2, -0.15) is 0 Å². The molecule has 4 rings (SSSR count). The number of phenols is 2. The molecule has 12 heteroatoms. The van der Waals surface area contributed by atoms with Crippen LogP contribution in [0.25, 0.3) is 22.3 Å². The number of methoxy groups -OCH3 is 2. The fourth-order valence-electron chi connectivity index (χ4n) is 3.82. The van der Waals surface area contributed by atoms with Gasteiger partial charge in [0.05, 0.1) is 20.8 Å². The molecule has 5 atom stereocenters. The molecule has 1 unspecified atom stereocenters. The van der Waals surface area contributed by atoms with E-state index in [0.29, 0.717) is 5.56 Å². The predicted molar refractivity (Wildman–Crippen MR) is 119 cm³/mol. The number of aliphatic hydroxyl groups excluding tert-OH is 4. The van der Waals surface area contributed by atoms with E-state index < -0.39 is 48.5 Å². The van der Waals surface area contributed by atoms with Crippen molar-refractivity contribution in [3.63, 3.8) is 0 Å². The standard InChI is InChI=1S/C23H24O12/c1-31-13-5-9(3-4-11(13)25)21-22(32-2)18(28)16-12(26)6-10(7-14(16)34-21)33-23-20(30)19(29)17(27)15(8-24)35-23/h3-7,15,17,19-20,23-27,29-30H,8H2,1-2H3/t15-,17-,19+,20-,23?/m1/s1. The maximum absolute atomic E-state index is 13.1. The normalized spacial score (nSPS) is 24.3. The zero-order valence-electron chi connectivity index (χ0n) is 18.6. The summed E-state index contributed by atoms with van der Waals surface area (Å²) in [7, 11) is 2.61. The third-order valence-corrected chi connectivity index (χ3v) is 5.65. The van der Waals surface area contributed by atoms with Crippen LogP contribution in [-0.2, 0) is 4.74 Å². The molecule has 0 aliphatic carbocycles. The molecular formula is C23H24O12. The van der Waals surface area contributed by atoms with Gasteiger partial charge in [-0.25, -0.2) is 0 Å². The summed E-state index contributed by atoms with van der Waals surface area (Å²) >= 11 is 0. The number of ether oxygens (including phenoxy) is 4. The second kappa shape index (κ2) is 9.60. The van der Waals surface area contributed by atoms with Crippen molar-refractivity contribution in [2.24, 2.45) is 0 Å². The second-order valence-corrected chi connectivity index (χ2v) is 7.81. The van der Waals surface area contributed by atoms with Crippen LogP contribution in [0.1, 0.15) is 0 Å². The van der Waals surface area contributed by atoms with Crippen LogP contribution >= 0.6 is 0 Å². The first kappa shape index (κ1) is 24.6. The summed E-state index contributed by atoms with van der Waals surface area (Å²) in [4.78, 5) is 13.1. The minimum atomic E-state index is -1.69. The lowest BCUT2D eigenvalue weighted by molar-refractivity contribution is -0.277. The molecule has 1 aliphatic rings. The number of hydrogen-bond acceptors (Lipinski definition) is 12. The van der Waals surface area contributed by atoms with E-state index in [1.165, 1.54) is 38.5 Å². The number of aliphatic hydroxyl groups is 4. The van der Waals surface area contributed by atoms with Crippen molar-refractivity contribution in [2.75, 3.05) is 20.8 Å². The van der Waals surface area contributed by atoms with Gasteiger partial charge in [0, 0.05) is 17.7 Å². The Bertz CT molecular complexity index is 1280. The van der Waals surface area contributed by atoms with Crippen molar-refractivity contribution in [3.8, 4) is 40.1 Å². The average Bonchev–Trinajstić information content (AvgIpc) is 2.84. The third-order valence-electron chi connectivity index (χ3n) is 5.65. The monoisotopic (exact) mass is 492 g/mol. The number of aromatic hydroxyl groups is 2. The van der Waals surface area contributed by atoms with Crippen molar-refractivity contribution < 1.29 is 54.0 Å². The van der Waals surface area contributed by atoms with E-state index in [2.05, 4.69) is 0 Å². The molecule has 1 saturated heterocycles. The molecule has 1 fully saturated rings. The zero-order chi connectivity index (χ0) is 25.4. The highest BCUT2D eigenvalue weighted by Crippen LogP contribution is 2.39. The Morgan fingerprint density at radius 2 is 1.69 bits per heavy atom. The fourth-order valence-corrected chi connectivity index (χ4v) is 3.82. The van der Waals surface area contributed by atoms with Gasteiger partial charge in [0.15, 0.2) is 17.3 Å². The van der Waals surface area contributed by atoms with E-state index in [1.807, 2.05) is 0 Å². The highest BCUT2D eigenvalue weighted by molar-refractivity contribution is 5.88. The molecular weight excluding hydrogens is 468 g/mol. The number of phenolic OH excluding ortho intramolecular Hbond substituents is 2. The molecule has 1 aliphatic heterocycles. The van der Waals surface area contributed by atoms with E-state index in [-0.39, 0.29) is 39.7 Å². The van der Waals surface area contributed by atoms with Crippen LogP contribution in [0.15, 0.2) is 39.5 Å². The highest BCUT2D eigenvalue weighted by atomic mass is 16.7. The number of hydrogen-bond donors (Lipinski definition) is 6. The molecule has 0 amide bonds. The van der Waals surface area contributed by atoms with Crippen LogP contribution < -0.4 is 19.6 Å². The molecule has 2 aromatic carbocycles. The van der Waals surface area contributed by atoms with Crippen LogP contribution in [0.4, 0.5) is 0 Å². The van der Waals surface area contributed by atoms with E-state index in [4.69, 9.17) is 23.4 Å². The van der Waals surface area contributed by atoms with Gasteiger partial charge in [-0.05, 0) is 18.2 Å². The Morgan fingerprint density at radius 3 is 2.34 bits per heavy atom. The fraction of sp³-hybridized carbons (Fsp3) is 0.348. The largest absolute Gasteiger partial charge is 0.507 e. The molecule has 3 aromatic rings. The van der Waals surface area contributed by atoms with Crippen molar-refractivity contribution >= 4 is 11.0 Å². The lowest BCUT2D eigenvalue weighted by Gasteiger charge is -2.39. The minimum absolute atomic E-state index is 0.0207. The van der Waals surface area contributed by atoms with Gasteiger partial charge in [0.2, 0.25) is 17.5 Å². The van der Waals surface area contributed by atoms with E-state index in [9.17, 15) is 35.4 Å². The van der Waals surface area contributed by atoms with Crippen molar-refractivity contribution in [1.82, 2.24) is 0 Å². The van der Waals surface area contributed by atoms with Crippen molar-refractivity contribution in [3.05, 3.63) is 40.6 Å². The summed E-state index contributed by atoms with van der Waals surface area (Å²) in [6.07, 6.45) is -7.65. The topological polar surface area (TPSA) is 189 Å². The van der Waals surface area contributed by atoms with Gasteiger partial charge in [-0.3, -0.25) is 4.79 Å². The van der Waals surface area contributed by atoms with Crippen molar-refractivity contribution in [1.29, 1.82) is 0 Å². The zero-order valence-corrected chi connectivity index (χ0v) is 18.6. The molecule has 0 bridgehead atoms. The number of benzene rings is 2. The van der Waals surface area contributed by atoms with Crippen LogP contribution in [0.2, 0.25) is 0 Å². The molecule has 0 saturated carbocycles. The summed E-state index contributed by atoms with van der Waals surface area (Å²) < 4.78 is 27.1. The second-order valence-electron chi connectivity index (χ2n) is 7.81. The van der Waals surface area contributed by atoms with Gasteiger partial charge in [-0.1, -0.05) is 0 Å². The van der Waals surface area contributed by atoms with Crippen LogP contribution in [0.3, 0.4) is 0 Å². The molecule has 35 heavy (non-hydrogen) atoms. The summed E-state index contributed by atoms with van der Waals surface area (Å²) in [6, 6.07) is 6.56. The molecule has 0 radical (unpaired) electrons. The van der Waals surface area contributed by atoms with Gasteiger partial charge in [0.1, 0.15) is 46.9 Å². The minimum Gasteiger partial charge on any atom is -0.507 e. The van der Waals surface area contributed by atoms with Gasteiger partial charge < -0.3 is 54.0 Å². The maximum atomic E-state index is 13.1. The molecule has 0 spiro atoms. The smallest absolute Gasteiger partial charge is 0.239 e. The molecule has 188 valence electrons. The Labute approximate surface area is 197 Å². The first-order valence-corrected chi connectivity index (χ1v) is 10.4. The van der Waals surface area contributed by atoms with E-state index >= 15 is 0 Å². The Morgan fingerprint density at radius 1 is 0.943 bits per heavy atom. The number of fused-ring (bicyclic) bond motifs is 1. The molecule has 6 N–H and O–H groups in total. The average molecular weight is 492 g/mol. The Hall–Kier alpha value is -3.55. The highest BCUT2D eigenvalue weighted by Gasteiger charge is 2.44. The lowest BCUT2D eigenvalue weighted by atomic mass is 9.99. The molecule has 2 heterocycles. The molecule has 12 nitrogen and oxygen atoms in total. The molecule has 1 aromatic heterocycles. The van der Waals surface area contributed by atoms with Gasteiger partial charge in [-0.15, -0.1) is 0 Å². The van der Waals surface area contributed by atoms with E-state index in [1.54, 1.807) is 0 Å². The summed E-state index contributed by atoms with van der Waals surface area (Å²) in [6.45, 7) is -0.651. The van der Waals surface area contributed by atoms with Crippen LogP contribution in [0.5, 0.6) is 28.7 Å². The summed E-state index contributed by atoms with van der Waals surface area (Å²) in [5, 5.41) is 59.7. The van der Waals surface area contributed by atoms with Crippen molar-refractivity contribution in [2.45, 2.75) is 30.7 Å². The summed E-state index contributed by atoms with van der Waals surface area (Å²) in [5.74, 6) is -0.872. The van der Waals surface area contributed by atoms with Crippen LogP contribution in [0, 0.1) is 0 Å². The Kier molecular flexibility index (Phi) is 6.74.